The van der Waals surface area contributed by atoms with Gasteiger partial charge in [-0.1, -0.05) is 6.07 Å². The molecule has 0 radical (unpaired) electrons. The zero-order valence-corrected chi connectivity index (χ0v) is 7.38. The molecule has 1 atom stereocenters. The second-order valence-corrected chi connectivity index (χ2v) is 3.46. The summed E-state index contributed by atoms with van der Waals surface area (Å²) in [6, 6.07) is 1.89. The summed E-state index contributed by atoms with van der Waals surface area (Å²) >= 11 is 0. The average Bonchev–Trinajstić information content (AvgIpc) is 2.72. The maximum absolute atomic E-state index is 13.0. The highest BCUT2D eigenvalue weighted by atomic mass is 19.3. The van der Waals surface area contributed by atoms with Gasteiger partial charge in [0.2, 0.25) is 5.95 Å². The molecule has 1 N–H and O–H groups in total. The van der Waals surface area contributed by atoms with E-state index < -0.39 is 29.7 Å². The van der Waals surface area contributed by atoms with Gasteiger partial charge >= 0.3 is 5.97 Å². The van der Waals surface area contributed by atoms with E-state index in [1.165, 1.54) is 0 Å². The summed E-state index contributed by atoms with van der Waals surface area (Å²) in [7, 11) is 0. The highest BCUT2D eigenvalue weighted by molar-refractivity contribution is 5.87. The first-order valence-electron chi connectivity index (χ1n) is 4.13. The number of carboxylic acid groups (broad SMARTS) is 1. The molecule has 1 aromatic heterocycles. The molecule has 80 valence electrons. The number of hydrogen-bond donors (Lipinski definition) is 1. The summed E-state index contributed by atoms with van der Waals surface area (Å²) in [5.74, 6) is -5.72. The highest BCUT2D eigenvalue weighted by Crippen LogP contribution is 2.61. The van der Waals surface area contributed by atoms with Crippen molar-refractivity contribution in [3.63, 3.8) is 0 Å². The van der Waals surface area contributed by atoms with Gasteiger partial charge in [-0.2, -0.15) is 4.39 Å². The standard InChI is InChI=1S/C9H6F3NO2/c10-6-2-1-5(3-13-6)8(7(14)15)4-9(8,11)12/h1-3H,4H2,(H,14,15). The van der Waals surface area contributed by atoms with E-state index in [9.17, 15) is 18.0 Å². The minimum absolute atomic E-state index is 0.165. The number of aliphatic carboxylic acids is 1. The van der Waals surface area contributed by atoms with E-state index in [0.717, 1.165) is 18.3 Å². The van der Waals surface area contributed by atoms with Crippen LogP contribution >= 0.6 is 0 Å². The molecular weight excluding hydrogens is 211 g/mol. The van der Waals surface area contributed by atoms with E-state index in [-0.39, 0.29) is 5.56 Å². The fourth-order valence-corrected chi connectivity index (χ4v) is 1.59. The Labute approximate surface area is 82.6 Å². The van der Waals surface area contributed by atoms with Crippen molar-refractivity contribution in [2.24, 2.45) is 0 Å². The second-order valence-electron chi connectivity index (χ2n) is 3.46. The number of carbonyl (C=O) groups is 1. The van der Waals surface area contributed by atoms with Gasteiger partial charge in [0, 0.05) is 12.6 Å². The number of hydrogen-bond acceptors (Lipinski definition) is 2. The Morgan fingerprint density at radius 2 is 2.07 bits per heavy atom. The lowest BCUT2D eigenvalue weighted by atomic mass is 9.97. The Kier molecular flexibility index (Phi) is 1.80. The number of aromatic nitrogens is 1. The number of pyridine rings is 1. The lowest BCUT2D eigenvalue weighted by Crippen LogP contribution is -2.27. The van der Waals surface area contributed by atoms with Crippen LogP contribution in [-0.2, 0) is 10.2 Å². The maximum atomic E-state index is 13.0. The van der Waals surface area contributed by atoms with Crippen LogP contribution in [0.15, 0.2) is 18.3 Å². The molecule has 1 aromatic rings. The van der Waals surface area contributed by atoms with Crippen LogP contribution in [0.2, 0.25) is 0 Å². The molecule has 1 aliphatic carbocycles. The van der Waals surface area contributed by atoms with Gasteiger partial charge in [-0.05, 0) is 11.6 Å². The van der Waals surface area contributed by atoms with Crippen molar-refractivity contribution in [1.82, 2.24) is 4.98 Å². The molecule has 1 unspecified atom stereocenters. The number of rotatable bonds is 2. The van der Waals surface area contributed by atoms with Crippen molar-refractivity contribution in [3.05, 3.63) is 29.8 Å². The molecule has 1 saturated carbocycles. The van der Waals surface area contributed by atoms with Crippen LogP contribution in [0, 0.1) is 5.95 Å². The van der Waals surface area contributed by atoms with Gasteiger partial charge in [0.05, 0.1) is 0 Å². The maximum Gasteiger partial charge on any atom is 0.320 e. The van der Waals surface area contributed by atoms with Gasteiger partial charge in [-0.15, -0.1) is 0 Å². The molecule has 1 fully saturated rings. The van der Waals surface area contributed by atoms with Gasteiger partial charge in [0.25, 0.3) is 5.92 Å². The summed E-state index contributed by atoms with van der Waals surface area (Å²) < 4.78 is 38.4. The largest absolute Gasteiger partial charge is 0.480 e. The Morgan fingerprint density at radius 1 is 1.47 bits per heavy atom. The predicted octanol–water partition coefficient (Wildman–Crippen LogP) is 1.58. The van der Waals surface area contributed by atoms with Crippen LogP contribution in [-0.4, -0.2) is 22.0 Å². The summed E-state index contributed by atoms with van der Waals surface area (Å²) in [5.41, 5.74) is -2.38. The molecule has 1 aliphatic rings. The quantitative estimate of drug-likeness (QED) is 0.765. The molecule has 0 aromatic carbocycles. The van der Waals surface area contributed by atoms with Crippen molar-refractivity contribution in [3.8, 4) is 0 Å². The summed E-state index contributed by atoms with van der Waals surface area (Å²) in [6.07, 6.45) is 0.0764. The van der Waals surface area contributed by atoms with E-state index in [2.05, 4.69) is 4.98 Å². The molecule has 0 saturated heterocycles. The molecular formula is C9H6F3NO2. The van der Waals surface area contributed by atoms with E-state index in [1.54, 1.807) is 0 Å². The average molecular weight is 217 g/mol. The molecule has 1 heterocycles. The third kappa shape index (κ3) is 1.20. The first-order chi connectivity index (χ1) is 6.90. The molecule has 0 amide bonds. The van der Waals surface area contributed by atoms with E-state index in [0.29, 0.717) is 0 Å². The van der Waals surface area contributed by atoms with Crippen LogP contribution in [0.1, 0.15) is 12.0 Å². The summed E-state index contributed by atoms with van der Waals surface area (Å²) in [4.78, 5) is 14.0. The molecule has 3 nitrogen and oxygen atoms in total. The number of nitrogens with zero attached hydrogens (tertiary/aromatic N) is 1. The fourth-order valence-electron chi connectivity index (χ4n) is 1.59. The fraction of sp³-hybridized carbons (Fsp3) is 0.333. The normalized spacial score (nSPS) is 27.4. The van der Waals surface area contributed by atoms with Gasteiger partial charge in [0.15, 0.2) is 5.41 Å². The Bertz CT molecular complexity index is 418. The highest BCUT2D eigenvalue weighted by Gasteiger charge is 2.77. The monoisotopic (exact) mass is 217 g/mol. The Balaban J connectivity index is 2.45. The van der Waals surface area contributed by atoms with Crippen molar-refractivity contribution < 1.29 is 23.1 Å². The van der Waals surface area contributed by atoms with E-state index in [1.807, 2.05) is 0 Å². The van der Waals surface area contributed by atoms with Crippen LogP contribution in [0.4, 0.5) is 13.2 Å². The first-order valence-corrected chi connectivity index (χ1v) is 4.13. The van der Waals surface area contributed by atoms with Crippen molar-refractivity contribution >= 4 is 5.97 Å². The lowest BCUT2D eigenvalue weighted by Gasteiger charge is -2.10. The summed E-state index contributed by atoms with van der Waals surface area (Å²) in [6.45, 7) is 0. The molecule has 15 heavy (non-hydrogen) atoms. The van der Waals surface area contributed by atoms with Crippen LogP contribution in [0.5, 0.6) is 0 Å². The molecule has 0 spiro atoms. The van der Waals surface area contributed by atoms with Gasteiger partial charge in [-0.25, -0.2) is 13.8 Å². The third-order valence-electron chi connectivity index (χ3n) is 2.57. The topological polar surface area (TPSA) is 50.2 Å². The summed E-state index contributed by atoms with van der Waals surface area (Å²) in [5, 5.41) is 8.76. The molecule has 2 rings (SSSR count). The number of halogens is 3. The molecule has 0 bridgehead atoms. The van der Waals surface area contributed by atoms with Crippen molar-refractivity contribution in [2.45, 2.75) is 17.8 Å². The second kappa shape index (κ2) is 2.71. The van der Waals surface area contributed by atoms with Gasteiger partial charge in [0.1, 0.15) is 0 Å². The van der Waals surface area contributed by atoms with Crippen molar-refractivity contribution in [2.75, 3.05) is 0 Å². The zero-order valence-electron chi connectivity index (χ0n) is 7.38. The Morgan fingerprint density at radius 3 is 2.40 bits per heavy atom. The van der Waals surface area contributed by atoms with Gasteiger partial charge < -0.3 is 5.11 Å². The van der Waals surface area contributed by atoms with E-state index >= 15 is 0 Å². The smallest absolute Gasteiger partial charge is 0.320 e. The minimum atomic E-state index is -3.28. The lowest BCUT2D eigenvalue weighted by molar-refractivity contribution is -0.143. The zero-order chi connectivity index (χ0) is 11.3. The van der Waals surface area contributed by atoms with Crippen molar-refractivity contribution in [1.29, 1.82) is 0 Å². The number of alkyl halides is 2. The van der Waals surface area contributed by atoms with Crippen LogP contribution in [0.25, 0.3) is 0 Å². The molecule has 0 aliphatic heterocycles. The minimum Gasteiger partial charge on any atom is -0.480 e. The van der Waals surface area contributed by atoms with Crippen LogP contribution in [0.3, 0.4) is 0 Å². The van der Waals surface area contributed by atoms with Gasteiger partial charge in [-0.3, -0.25) is 4.79 Å². The van der Waals surface area contributed by atoms with Crippen LogP contribution < -0.4 is 0 Å². The number of carboxylic acids is 1. The first kappa shape index (κ1) is 9.95. The Hall–Kier alpha value is -1.59. The molecule has 6 heteroatoms. The SMILES string of the molecule is O=C(O)C1(c2ccc(F)nc2)CC1(F)F. The third-order valence-corrected chi connectivity index (χ3v) is 2.57. The predicted molar refractivity (Wildman–Crippen MR) is 43.1 cm³/mol. The van der Waals surface area contributed by atoms with E-state index in [4.69, 9.17) is 5.11 Å².